The maximum absolute atomic E-state index is 12.1. The molecular weight excluding hydrogens is 232 g/mol. The van der Waals surface area contributed by atoms with Crippen LogP contribution in [-0.4, -0.2) is 16.9 Å². The van der Waals surface area contributed by atoms with Gasteiger partial charge in [-0.3, -0.25) is 4.79 Å². The van der Waals surface area contributed by atoms with Crippen molar-refractivity contribution in [1.82, 2.24) is 5.32 Å². The number of carbonyl (C=O) groups excluding carboxylic acids is 1. The Morgan fingerprint density at radius 1 is 1.35 bits per heavy atom. The van der Waals surface area contributed by atoms with Gasteiger partial charge in [0.25, 0.3) is 0 Å². The third-order valence-electron chi connectivity index (χ3n) is 3.13. The molecule has 0 radical (unpaired) electrons. The lowest BCUT2D eigenvalue weighted by Crippen LogP contribution is -2.44. The maximum atomic E-state index is 12.1. The van der Waals surface area contributed by atoms with Gasteiger partial charge in [-0.05, 0) is 24.8 Å². The Morgan fingerprint density at radius 2 is 2.00 bits per heavy atom. The lowest BCUT2D eigenvalue weighted by molar-refractivity contribution is -0.122. The van der Waals surface area contributed by atoms with E-state index in [0.717, 1.165) is 18.4 Å². The van der Waals surface area contributed by atoms with Crippen molar-refractivity contribution in [3.05, 3.63) is 35.9 Å². The van der Waals surface area contributed by atoms with Gasteiger partial charge in [0.2, 0.25) is 5.91 Å². The highest BCUT2D eigenvalue weighted by molar-refractivity contribution is 7.80. The Morgan fingerprint density at radius 3 is 2.47 bits per heavy atom. The molecule has 1 unspecified atom stereocenters. The zero-order valence-electron chi connectivity index (χ0n) is 9.56. The predicted molar refractivity (Wildman–Crippen MR) is 71.8 cm³/mol. The van der Waals surface area contributed by atoms with E-state index in [9.17, 15) is 4.79 Å². The van der Waals surface area contributed by atoms with E-state index in [1.165, 1.54) is 6.42 Å². The highest BCUT2D eigenvalue weighted by atomic mass is 32.1. The first-order chi connectivity index (χ1) is 8.18. The Labute approximate surface area is 106 Å². The summed E-state index contributed by atoms with van der Waals surface area (Å²) in [7, 11) is 0. The van der Waals surface area contributed by atoms with Crippen LogP contribution in [0.25, 0.3) is 0 Å². The minimum absolute atomic E-state index is 0.0756. The van der Waals surface area contributed by atoms with E-state index in [1.807, 2.05) is 30.3 Å². The van der Waals surface area contributed by atoms with Crippen LogP contribution in [0.3, 0.4) is 0 Å². The van der Waals surface area contributed by atoms with Crippen molar-refractivity contribution in [2.45, 2.75) is 31.2 Å². The van der Waals surface area contributed by atoms with Gasteiger partial charge in [-0.15, -0.1) is 0 Å². The number of hydrogen-bond acceptors (Lipinski definition) is 2. The summed E-state index contributed by atoms with van der Waals surface area (Å²) in [5.41, 5.74) is 6.53. The molecular formula is C13H16N2OS. The first-order valence-corrected chi connectivity index (χ1v) is 6.24. The summed E-state index contributed by atoms with van der Waals surface area (Å²) in [5, 5.41) is 2.99. The van der Waals surface area contributed by atoms with Gasteiger partial charge in [-0.1, -0.05) is 42.5 Å². The standard InChI is InChI=1S/C13H16N2OS/c14-12(17)11(9-5-2-1-3-6-9)13(16)15-10-7-4-8-10/h1-3,5-6,10-11H,4,7-8H2,(H2,14,17)(H,15,16). The molecule has 1 saturated carbocycles. The van der Waals surface area contributed by atoms with Crippen LogP contribution < -0.4 is 11.1 Å². The van der Waals surface area contributed by atoms with Crippen LogP contribution in [0.15, 0.2) is 30.3 Å². The topological polar surface area (TPSA) is 55.1 Å². The fraction of sp³-hybridized carbons (Fsp3) is 0.385. The van der Waals surface area contributed by atoms with Crippen molar-refractivity contribution in [1.29, 1.82) is 0 Å². The second kappa shape index (κ2) is 5.27. The van der Waals surface area contributed by atoms with Gasteiger partial charge in [0, 0.05) is 6.04 Å². The molecule has 2 rings (SSSR count). The molecule has 4 heteroatoms. The SMILES string of the molecule is NC(=S)C(C(=O)NC1CCC1)c1ccccc1. The summed E-state index contributed by atoms with van der Waals surface area (Å²) in [5.74, 6) is -0.583. The zero-order chi connectivity index (χ0) is 12.3. The average molecular weight is 248 g/mol. The van der Waals surface area contributed by atoms with Crippen LogP contribution >= 0.6 is 12.2 Å². The summed E-state index contributed by atoms with van der Waals surface area (Å²) < 4.78 is 0. The first-order valence-electron chi connectivity index (χ1n) is 5.83. The summed E-state index contributed by atoms with van der Waals surface area (Å²) >= 11 is 5.00. The van der Waals surface area contributed by atoms with Gasteiger partial charge < -0.3 is 11.1 Å². The van der Waals surface area contributed by atoms with Crippen LogP contribution in [0.1, 0.15) is 30.7 Å². The van der Waals surface area contributed by atoms with Crippen molar-refractivity contribution in [2.75, 3.05) is 0 Å². The summed E-state index contributed by atoms with van der Waals surface area (Å²) in [6.07, 6.45) is 3.31. The molecule has 0 saturated heterocycles. The second-order valence-electron chi connectivity index (χ2n) is 4.38. The molecule has 0 aromatic heterocycles. The number of nitrogens with two attached hydrogens (primary N) is 1. The van der Waals surface area contributed by atoms with Gasteiger partial charge in [0.15, 0.2) is 0 Å². The predicted octanol–water partition coefficient (Wildman–Crippen LogP) is 1.72. The summed E-state index contributed by atoms with van der Waals surface area (Å²) in [6.45, 7) is 0. The third kappa shape index (κ3) is 2.82. The molecule has 1 atom stereocenters. The molecule has 1 aliphatic rings. The second-order valence-corrected chi connectivity index (χ2v) is 4.85. The minimum Gasteiger partial charge on any atom is -0.392 e. The van der Waals surface area contributed by atoms with Crippen LogP contribution in [-0.2, 0) is 4.79 Å². The van der Waals surface area contributed by atoms with Crippen LogP contribution in [0.5, 0.6) is 0 Å². The lowest BCUT2D eigenvalue weighted by atomic mass is 9.91. The maximum Gasteiger partial charge on any atom is 0.234 e. The molecule has 1 fully saturated rings. The Hall–Kier alpha value is -1.42. The number of thiocarbonyl (C=S) groups is 1. The van der Waals surface area contributed by atoms with E-state index < -0.39 is 5.92 Å². The Bertz CT molecular complexity index is 415. The molecule has 3 nitrogen and oxygen atoms in total. The van der Waals surface area contributed by atoms with Gasteiger partial charge in [-0.25, -0.2) is 0 Å². The third-order valence-corrected chi connectivity index (χ3v) is 3.37. The average Bonchev–Trinajstić information content (AvgIpc) is 2.25. The van der Waals surface area contributed by atoms with Gasteiger partial charge in [-0.2, -0.15) is 0 Å². The van der Waals surface area contributed by atoms with Crippen LogP contribution in [0.4, 0.5) is 0 Å². The number of carbonyl (C=O) groups is 1. The summed E-state index contributed by atoms with van der Waals surface area (Å²) in [4.78, 5) is 12.3. The molecule has 17 heavy (non-hydrogen) atoms. The molecule has 0 bridgehead atoms. The minimum atomic E-state index is -0.508. The molecule has 1 aromatic rings. The monoisotopic (exact) mass is 248 g/mol. The number of nitrogens with one attached hydrogen (secondary N) is 1. The van der Waals surface area contributed by atoms with Gasteiger partial charge in [0.1, 0.15) is 5.92 Å². The van der Waals surface area contributed by atoms with E-state index in [4.69, 9.17) is 18.0 Å². The first kappa shape index (κ1) is 12.0. The number of hydrogen-bond donors (Lipinski definition) is 2. The van der Waals surface area contributed by atoms with Crippen LogP contribution in [0, 0.1) is 0 Å². The van der Waals surface area contributed by atoms with E-state index in [-0.39, 0.29) is 10.9 Å². The largest absolute Gasteiger partial charge is 0.392 e. The highest BCUT2D eigenvalue weighted by Crippen LogP contribution is 2.21. The normalized spacial score (nSPS) is 16.9. The number of rotatable bonds is 4. The van der Waals surface area contributed by atoms with E-state index >= 15 is 0 Å². The number of amides is 1. The van der Waals surface area contributed by atoms with E-state index in [2.05, 4.69) is 5.32 Å². The Kier molecular flexibility index (Phi) is 3.74. The van der Waals surface area contributed by atoms with Crippen molar-refractivity contribution >= 4 is 23.1 Å². The fourth-order valence-corrected chi connectivity index (χ4v) is 2.17. The zero-order valence-corrected chi connectivity index (χ0v) is 10.4. The molecule has 0 spiro atoms. The Balaban J connectivity index is 2.11. The molecule has 1 aliphatic carbocycles. The van der Waals surface area contributed by atoms with Crippen molar-refractivity contribution < 1.29 is 4.79 Å². The van der Waals surface area contributed by atoms with Crippen molar-refractivity contribution in [3.8, 4) is 0 Å². The van der Waals surface area contributed by atoms with Crippen molar-refractivity contribution in [3.63, 3.8) is 0 Å². The van der Waals surface area contributed by atoms with E-state index in [0.29, 0.717) is 6.04 Å². The van der Waals surface area contributed by atoms with Crippen molar-refractivity contribution in [2.24, 2.45) is 5.73 Å². The lowest BCUT2D eigenvalue weighted by Gasteiger charge is -2.28. The molecule has 1 aromatic carbocycles. The number of benzene rings is 1. The molecule has 90 valence electrons. The van der Waals surface area contributed by atoms with Gasteiger partial charge >= 0.3 is 0 Å². The molecule has 0 heterocycles. The van der Waals surface area contributed by atoms with Gasteiger partial charge in [0.05, 0.1) is 4.99 Å². The highest BCUT2D eigenvalue weighted by Gasteiger charge is 2.27. The van der Waals surface area contributed by atoms with Crippen LogP contribution in [0.2, 0.25) is 0 Å². The quantitative estimate of drug-likeness (QED) is 0.798. The molecule has 3 N–H and O–H groups in total. The summed E-state index contributed by atoms with van der Waals surface area (Å²) in [6, 6.07) is 9.75. The smallest absolute Gasteiger partial charge is 0.234 e. The molecule has 0 aliphatic heterocycles. The molecule has 1 amide bonds. The fourth-order valence-electron chi connectivity index (χ4n) is 1.93. The van der Waals surface area contributed by atoms with E-state index in [1.54, 1.807) is 0 Å².